The van der Waals surface area contributed by atoms with Gasteiger partial charge < -0.3 is 10.1 Å². The fourth-order valence-electron chi connectivity index (χ4n) is 3.90. The van der Waals surface area contributed by atoms with E-state index in [1.807, 2.05) is 30.3 Å². The van der Waals surface area contributed by atoms with Crippen LogP contribution in [0.5, 0.6) is 0 Å². The Kier molecular flexibility index (Phi) is 5.99. The van der Waals surface area contributed by atoms with E-state index in [0.29, 0.717) is 10.6 Å². The number of nitrogens with one attached hydrogen (secondary N) is 1. The highest BCUT2D eigenvalue weighted by molar-refractivity contribution is 7.17. The lowest BCUT2D eigenvalue weighted by molar-refractivity contribution is -0.116. The molecule has 1 aromatic carbocycles. The second-order valence-corrected chi connectivity index (χ2v) is 8.43. The molecular formula is C23H24N2O4S. The number of carbonyl (C=O) groups excluding carboxylic acids is 3. The number of rotatable bonds is 6. The third kappa shape index (κ3) is 4.03. The molecule has 156 valence electrons. The lowest BCUT2D eigenvalue weighted by atomic mass is 9.95. The van der Waals surface area contributed by atoms with Gasteiger partial charge in [0.1, 0.15) is 5.00 Å². The van der Waals surface area contributed by atoms with Crippen molar-refractivity contribution in [2.75, 3.05) is 11.9 Å². The molecule has 0 radical (unpaired) electrons. The summed E-state index contributed by atoms with van der Waals surface area (Å²) in [6, 6.07) is 9.52. The van der Waals surface area contributed by atoms with Crippen LogP contribution in [0.4, 0.5) is 5.00 Å². The average molecular weight is 425 g/mol. The molecule has 1 amide bonds. The summed E-state index contributed by atoms with van der Waals surface area (Å²) in [4.78, 5) is 38.8. The Hall–Kier alpha value is -2.93. The van der Waals surface area contributed by atoms with Crippen molar-refractivity contribution < 1.29 is 19.1 Å². The number of anilines is 1. The van der Waals surface area contributed by atoms with E-state index < -0.39 is 0 Å². The smallest absolute Gasteiger partial charge is 0.341 e. The minimum absolute atomic E-state index is 0.0518. The van der Waals surface area contributed by atoms with E-state index in [-0.39, 0.29) is 37.2 Å². The maximum Gasteiger partial charge on any atom is 0.341 e. The predicted molar refractivity (Wildman–Crippen MR) is 117 cm³/mol. The minimum atomic E-state index is -0.387. The van der Waals surface area contributed by atoms with Crippen LogP contribution >= 0.6 is 11.3 Å². The third-order valence-corrected chi connectivity index (χ3v) is 6.55. The van der Waals surface area contributed by atoms with Crippen molar-refractivity contribution >= 4 is 45.0 Å². The zero-order valence-electron chi connectivity index (χ0n) is 16.9. The Morgan fingerprint density at radius 2 is 1.90 bits per heavy atom. The molecule has 0 fully saturated rings. The van der Waals surface area contributed by atoms with Gasteiger partial charge in [-0.15, -0.1) is 11.3 Å². The number of aryl methyl sites for hydroxylation is 1. The highest BCUT2D eigenvalue weighted by Crippen LogP contribution is 2.38. The van der Waals surface area contributed by atoms with Gasteiger partial charge in [-0.1, -0.05) is 18.2 Å². The molecule has 0 unspecified atom stereocenters. The fraction of sp³-hybridized carbons (Fsp3) is 0.348. The van der Waals surface area contributed by atoms with Gasteiger partial charge in [-0.2, -0.15) is 0 Å². The van der Waals surface area contributed by atoms with Crippen LogP contribution in [0, 0.1) is 0 Å². The Bertz CT molecular complexity index is 1110. The Labute approximate surface area is 178 Å². The Morgan fingerprint density at radius 3 is 2.73 bits per heavy atom. The molecular weight excluding hydrogens is 400 g/mol. The number of hydrogen-bond donors (Lipinski definition) is 1. The van der Waals surface area contributed by atoms with Gasteiger partial charge in [0.15, 0.2) is 0 Å². The molecule has 0 bridgehead atoms. The minimum Gasteiger partial charge on any atom is -0.462 e. The molecule has 7 heteroatoms. The van der Waals surface area contributed by atoms with Crippen molar-refractivity contribution in [3.05, 3.63) is 52.5 Å². The average Bonchev–Trinajstić information content (AvgIpc) is 3.33. The summed E-state index contributed by atoms with van der Waals surface area (Å²) >= 11 is 1.46. The summed E-state index contributed by atoms with van der Waals surface area (Å²) in [5.41, 5.74) is 2.33. The molecule has 0 aliphatic heterocycles. The van der Waals surface area contributed by atoms with Gasteiger partial charge in [0.2, 0.25) is 11.8 Å². The number of esters is 1. The molecule has 3 aromatic rings. The number of thiophene rings is 1. The first-order valence-corrected chi connectivity index (χ1v) is 11.1. The summed E-state index contributed by atoms with van der Waals surface area (Å²) in [6.07, 6.45) is 5.74. The monoisotopic (exact) mass is 424 g/mol. The number of benzene rings is 1. The zero-order chi connectivity index (χ0) is 21.1. The van der Waals surface area contributed by atoms with Crippen LogP contribution < -0.4 is 5.32 Å². The van der Waals surface area contributed by atoms with E-state index in [2.05, 4.69) is 5.32 Å². The number of nitrogens with zero attached hydrogens (tertiary/aromatic N) is 1. The number of amides is 1. The maximum atomic E-state index is 12.6. The Morgan fingerprint density at radius 1 is 1.10 bits per heavy atom. The largest absolute Gasteiger partial charge is 0.462 e. The summed E-state index contributed by atoms with van der Waals surface area (Å²) in [7, 11) is 0. The molecule has 0 spiro atoms. The van der Waals surface area contributed by atoms with E-state index in [1.54, 1.807) is 17.7 Å². The number of para-hydroxylation sites is 1. The van der Waals surface area contributed by atoms with Gasteiger partial charge in [0.25, 0.3) is 0 Å². The summed E-state index contributed by atoms with van der Waals surface area (Å²) < 4.78 is 6.80. The van der Waals surface area contributed by atoms with Crippen LogP contribution in [0.1, 0.15) is 58.2 Å². The van der Waals surface area contributed by atoms with Crippen molar-refractivity contribution in [1.29, 1.82) is 0 Å². The van der Waals surface area contributed by atoms with Crippen molar-refractivity contribution in [2.24, 2.45) is 0 Å². The van der Waals surface area contributed by atoms with E-state index in [1.165, 1.54) is 11.3 Å². The van der Waals surface area contributed by atoms with Gasteiger partial charge >= 0.3 is 5.97 Å². The second kappa shape index (κ2) is 8.83. The summed E-state index contributed by atoms with van der Waals surface area (Å²) in [6.45, 7) is 2.06. The lowest BCUT2D eigenvalue weighted by Crippen LogP contribution is -2.18. The number of carbonyl (C=O) groups is 3. The number of ether oxygens (including phenoxy) is 1. The molecule has 1 aliphatic rings. The molecule has 2 heterocycles. The molecule has 4 rings (SSSR count). The van der Waals surface area contributed by atoms with Gasteiger partial charge in [0, 0.05) is 29.3 Å². The first kappa shape index (κ1) is 20.3. The van der Waals surface area contributed by atoms with E-state index in [9.17, 15) is 14.4 Å². The van der Waals surface area contributed by atoms with Crippen molar-refractivity contribution in [1.82, 2.24) is 4.57 Å². The van der Waals surface area contributed by atoms with Gasteiger partial charge in [-0.3, -0.25) is 14.2 Å². The van der Waals surface area contributed by atoms with E-state index >= 15 is 0 Å². The van der Waals surface area contributed by atoms with Crippen LogP contribution in [0.2, 0.25) is 0 Å². The highest BCUT2D eigenvalue weighted by Gasteiger charge is 2.27. The van der Waals surface area contributed by atoms with Crippen LogP contribution in [-0.2, 0) is 22.4 Å². The molecule has 0 saturated carbocycles. The molecule has 1 N–H and O–H groups in total. The van der Waals surface area contributed by atoms with Crippen LogP contribution in [-0.4, -0.2) is 29.0 Å². The SMILES string of the molecule is CCOC(=O)c1c(NC(=O)CCC(=O)n2ccc3ccccc32)sc2c1CCCC2. The molecule has 1 aliphatic carbocycles. The molecule has 0 atom stereocenters. The first-order chi connectivity index (χ1) is 14.6. The topological polar surface area (TPSA) is 77.4 Å². The Balaban J connectivity index is 1.46. The van der Waals surface area contributed by atoms with Crippen LogP contribution in [0.3, 0.4) is 0 Å². The normalized spacial score (nSPS) is 13.1. The summed E-state index contributed by atoms with van der Waals surface area (Å²) in [5.74, 6) is -0.798. The van der Waals surface area contributed by atoms with E-state index in [4.69, 9.17) is 4.74 Å². The lowest BCUT2D eigenvalue weighted by Gasteiger charge is -2.12. The van der Waals surface area contributed by atoms with Gasteiger partial charge in [-0.05, 0) is 50.3 Å². The second-order valence-electron chi connectivity index (χ2n) is 7.32. The number of aromatic nitrogens is 1. The molecule has 0 saturated heterocycles. The van der Waals surface area contributed by atoms with Crippen LogP contribution in [0.25, 0.3) is 10.9 Å². The molecule has 6 nitrogen and oxygen atoms in total. The highest BCUT2D eigenvalue weighted by atomic mass is 32.1. The summed E-state index contributed by atoms with van der Waals surface area (Å²) in [5, 5.41) is 4.39. The third-order valence-electron chi connectivity index (χ3n) is 5.34. The molecule has 30 heavy (non-hydrogen) atoms. The van der Waals surface area contributed by atoms with Crippen LogP contribution in [0.15, 0.2) is 36.5 Å². The van der Waals surface area contributed by atoms with Crippen molar-refractivity contribution in [2.45, 2.75) is 45.4 Å². The first-order valence-electron chi connectivity index (χ1n) is 10.3. The van der Waals surface area contributed by atoms with Gasteiger partial charge in [-0.25, -0.2) is 4.79 Å². The van der Waals surface area contributed by atoms with Crippen molar-refractivity contribution in [3.8, 4) is 0 Å². The van der Waals surface area contributed by atoms with E-state index in [0.717, 1.165) is 47.0 Å². The quantitative estimate of drug-likeness (QED) is 0.576. The fourth-order valence-corrected chi connectivity index (χ4v) is 5.20. The maximum absolute atomic E-state index is 12.6. The number of hydrogen-bond acceptors (Lipinski definition) is 5. The standard InChI is InChI=1S/C23H24N2O4S/c1-2-29-23(28)21-16-8-4-6-10-18(16)30-22(21)24-19(26)11-12-20(27)25-14-13-15-7-3-5-9-17(15)25/h3,5,7,9,13-14H,2,4,6,8,10-12H2,1H3,(H,24,26). The van der Waals surface area contributed by atoms with Gasteiger partial charge in [0.05, 0.1) is 17.7 Å². The van der Waals surface area contributed by atoms with Crippen molar-refractivity contribution in [3.63, 3.8) is 0 Å². The molecule has 2 aromatic heterocycles. The number of fused-ring (bicyclic) bond motifs is 2. The predicted octanol–water partition coefficient (Wildman–Crippen LogP) is 4.82. The zero-order valence-corrected chi connectivity index (χ0v) is 17.7.